The van der Waals surface area contributed by atoms with E-state index in [1.165, 1.54) is 0 Å². The van der Waals surface area contributed by atoms with E-state index in [0.717, 1.165) is 5.56 Å². The number of aliphatic carboxylic acids is 1. The first-order valence-corrected chi connectivity index (χ1v) is 3.80. The molecule has 0 radical (unpaired) electrons. The second-order valence-electron chi connectivity index (χ2n) is 2.50. The molecule has 1 aromatic heterocycles. The maximum Gasteiger partial charge on any atom is 0.307 e. The molecule has 12 heavy (non-hydrogen) atoms. The monoisotopic (exact) mass is 185 g/mol. The van der Waals surface area contributed by atoms with Crippen LogP contribution in [0, 0.1) is 6.92 Å². The number of aryl methyl sites for hydroxylation is 1. The van der Waals surface area contributed by atoms with Crippen molar-refractivity contribution in [1.82, 2.24) is 4.98 Å². The minimum atomic E-state index is -0.861. The third-order valence-corrected chi connectivity index (χ3v) is 1.73. The lowest BCUT2D eigenvalue weighted by molar-refractivity contribution is -0.136. The van der Waals surface area contributed by atoms with Gasteiger partial charge in [0.1, 0.15) is 5.15 Å². The molecule has 1 heterocycles. The Kier molecular flexibility index (Phi) is 2.65. The van der Waals surface area contributed by atoms with E-state index in [0.29, 0.717) is 10.7 Å². The van der Waals surface area contributed by atoms with E-state index in [2.05, 4.69) is 4.98 Å². The average molecular weight is 186 g/mol. The Morgan fingerprint density at radius 3 is 3.00 bits per heavy atom. The minimum Gasteiger partial charge on any atom is -0.481 e. The van der Waals surface area contributed by atoms with E-state index in [1.54, 1.807) is 12.3 Å². The largest absolute Gasteiger partial charge is 0.481 e. The van der Waals surface area contributed by atoms with E-state index >= 15 is 0 Å². The first-order chi connectivity index (χ1) is 5.59. The summed E-state index contributed by atoms with van der Waals surface area (Å²) in [5.74, 6) is -0.861. The summed E-state index contributed by atoms with van der Waals surface area (Å²) in [6.45, 7) is 1.81. The molecule has 0 saturated carbocycles. The van der Waals surface area contributed by atoms with Crippen LogP contribution in [0.1, 0.15) is 11.1 Å². The Labute approximate surface area is 75.0 Å². The van der Waals surface area contributed by atoms with Gasteiger partial charge in [0, 0.05) is 6.20 Å². The molecule has 0 aliphatic carbocycles. The SMILES string of the molecule is Cc1cnc(Cl)cc1CC(=O)O. The van der Waals surface area contributed by atoms with Crippen LogP contribution in [-0.4, -0.2) is 16.1 Å². The lowest BCUT2D eigenvalue weighted by Gasteiger charge is -2.01. The average Bonchev–Trinajstić information content (AvgIpc) is 1.96. The summed E-state index contributed by atoms with van der Waals surface area (Å²) in [6.07, 6.45) is 1.56. The van der Waals surface area contributed by atoms with Crippen molar-refractivity contribution in [2.45, 2.75) is 13.3 Å². The number of halogens is 1. The zero-order chi connectivity index (χ0) is 9.14. The number of carbonyl (C=O) groups is 1. The predicted molar refractivity (Wildman–Crippen MR) is 45.3 cm³/mol. The fourth-order valence-corrected chi connectivity index (χ4v) is 1.07. The van der Waals surface area contributed by atoms with Crippen molar-refractivity contribution >= 4 is 17.6 Å². The molecular formula is C8H8ClNO2. The normalized spacial score (nSPS) is 9.83. The number of hydrogen-bond acceptors (Lipinski definition) is 2. The van der Waals surface area contributed by atoms with Crippen molar-refractivity contribution in [3.8, 4) is 0 Å². The molecule has 0 bridgehead atoms. The van der Waals surface area contributed by atoms with Crippen LogP contribution in [0.5, 0.6) is 0 Å². The topological polar surface area (TPSA) is 50.2 Å². The molecule has 0 atom stereocenters. The van der Waals surface area contributed by atoms with Crippen LogP contribution < -0.4 is 0 Å². The standard InChI is InChI=1S/C8H8ClNO2/c1-5-4-10-7(9)2-6(5)3-8(11)12/h2,4H,3H2,1H3,(H,11,12). The van der Waals surface area contributed by atoms with Crippen molar-refractivity contribution in [3.63, 3.8) is 0 Å². The van der Waals surface area contributed by atoms with Crippen molar-refractivity contribution in [1.29, 1.82) is 0 Å². The van der Waals surface area contributed by atoms with Crippen LogP contribution in [0.4, 0.5) is 0 Å². The third kappa shape index (κ3) is 2.20. The van der Waals surface area contributed by atoms with E-state index in [-0.39, 0.29) is 6.42 Å². The molecule has 0 fully saturated rings. The van der Waals surface area contributed by atoms with E-state index in [1.807, 2.05) is 6.92 Å². The van der Waals surface area contributed by atoms with Gasteiger partial charge in [-0.05, 0) is 24.1 Å². The summed E-state index contributed by atoms with van der Waals surface area (Å²) >= 11 is 5.60. The highest BCUT2D eigenvalue weighted by atomic mass is 35.5. The Balaban J connectivity index is 2.97. The first-order valence-electron chi connectivity index (χ1n) is 3.42. The molecule has 0 amide bonds. The number of pyridine rings is 1. The molecule has 0 unspecified atom stereocenters. The summed E-state index contributed by atoms with van der Waals surface area (Å²) in [6, 6.07) is 1.57. The highest BCUT2D eigenvalue weighted by Gasteiger charge is 2.04. The quantitative estimate of drug-likeness (QED) is 0.714. The second-order valence-corrected chi connectivity index (χ2v) is 2.89. The Morgan fingerprint density at radius 1 is 1.75 bits per heavy atom. The zero-order valence-electron chi connectivity index (χ0n) is 6.54. The number of nitrogens with zero attached hydrogens (tertiary/aromatic N) is 1. The molecule has 4 heteroatoms. The fraction of sp³-hybridized carbons (Fsp3) is 0.250. The number of carboxylic acid groups (broad SMARTS) is 1. The number of carboxylic acids is 1. The molecule has 1 N–H and O–H groups in total. The van der Waals surface area contributed by atoms with Gasteiger partial charge in [0.05, 0.1) is 6.42 Å². The van der Waals surface area contributed by atoms with E-state index in [4.69, 9.17) is 16.7 Å². The van der Waals surface area contributed by atoms with Gasteiger partial charge in [0.2, 0.25) is 0 Å². The van der Waals surface area contributed by atoms with Crippen LogP contribution in [0.15, 0.2) is 12.3 Å². The van der Waals surface area contributed by atoms with Crippen molar-refractivity contribution in [3.05, 3.63) is 28.5 Å². The van der Waals surface area contributed by atoms with Gasteiger partial charge in [0.15, 0.2) is 0 Å². The molecule has 3 nitrogen and oxygen atoms in total. The smallest absolute Gasteiger partial charge is 0.307 e. The summed E-state index contributed by atoms with van der Waals surface area (Å²) < 4.78 is 0. The fourth-order valence-electron chi connectivity index (χ4n) is 0.890. The Bertz CT molecular complexity index is 312. The molecule has 0 aromatic carbocycles. The lowest BCUT2D eigenvalue weighted by Crippen LogP contribution is -2.02. The van der Waals surface area contributed by atoms with Gasteiger partial charge < -0.3 is 5.11 Å². The van der Waals surface area contributed by atoms with Crippen molar-refractivity contribution in [2.24, 2.45) is 0 Å². The third-order valence-electron chi connectivity index (χ3n) is 1.52. The number of rotatable bonds is 2. The van der Waals surface area contributed by atoms with Gasteiger partial charge in [-0.15, -0.1) is 0 Å². The highest BCUT2D eigenvalue weighted by Crippen LogP contribution is 2.12. The number of aromatic nitrogens is 1. The molecule has 0 aliphatic rings. The van der Waals surface area contributed by atoms with Gasteiger partial charge in [-0.25, -0.2) is 4.98 Å². The lowest BCUT2D eigenvalue weighted by atomic mass is 10.1. The minimum absolute atomic E-state index is 0.00588. The first kappa shape index (κ1) is 9.00. The Hall–Kier alpha value is -1.09. The van der Waals surface area contributed by atoms with E-state index in [9.17, 15) is 4.79 Å². The molecule has 1 rings (SSSR count). The predicted octanol–water partition coefficient (Wildman–Crippen LogP) is 1.67. The molecular weight excluding hydrogens is 178 g/mol. The maximum absolute atomic E-state index is 10.4. The van der Waals surface area contributed by atoms with Gasteiger partial charge in [0.25, 0.3) is 0 Å². The van der Waals surface area contributed by atoms with Crippen LogP contribution in [0.25, 0.3) is 0 Å². The molecule has 64 valence electrons. The Morgan fingerprint density at radius 2 is 2.42 bits per heavy atom. The van der Waals surface area contributed by atoms with Crippen LogP contribution in [0.3, 0.4) is 0 Å². The number of hydrogen-bond donors (Lipinski definition) is 1. The van der Waals surface area contributed by atoms with Crippen LogP contribution in [0.2, 0.25) is 5.15 Å². The van der Waals surface area contributed by atoms with Crippen molar-refractivity contribution in [2.75, 3.05) is 0 Å². The van der Waals surface area contributed by atoms with Crippen LogP contribution >= 0.6 is 11.6 Å². The summed E-state index contributed by atoms with van der Waals surface area (Å²) in [5, 5.41) is 8.85. The summed E-state index contributed by atoms with van der Waals surface area (Å²) in [4.78, 5) is 14.2. The van der Waals surface area contributed by atoms with Gasteiger partial charge in [-0.1, -0.05) is 11.6 Å². The zero-order valence-corrected chi connectivity index (χ0v) is 7.30. The molecule has 0 aliphatic heterocycles. The maximum atomic E-state index is 10.4. The molecule has 1 aromatic rings. The highest BCUT2D eigenvalue weighted by molar-refractivity contribution is 6.29. The summed E-state index contributed by atoms with van der Waals surface area (Å²) in [5.41, 5.74) is 1.56. The van der Waals surface area contributed by atoms with Gasteiger partial charge in [-0.3, -0.25) is 4.79 Å². The van der Waals surface area contributed by atoms with Crippen molar-refractivity contribution < 1.29 is 9.90 Å². The molecule has 0 spiro atoms. The summed E-state index contributed by atoms with van der Waals surface area (Å²) in [7, 11) is 0. The van der Waals surface area contributed by atoms with E-state index < -0.39 is 5.97 Å². The van der Waals surface area contributed by atoms with Gasteiger partial charge in [-0.2, -0.15) is 0 Å². The second kappa shape index (κ2) is 3.54. The van der Waals surface area contributed by atoms with Crippen LogP contribution in [-0.2, 0) is 11.2 Å². The molecule has 0 saturated heterocycles. The van der Waals surface area contributed by atoms with Gasteiger partial charge >= 0.3 is 5.97 Å².